The third-order valence-corrected chi connectivity index (χ3v) is 1.98. The van der Waals surface area contributed by atoms with Crippen molar-refractivity contribution in [1.82, 2.24) is 4.98 Å². The van der Waals surface area contributed by atoms with Crippen LogP contribution < -0.4 is 0 Å². The predicted molar refractivity (Wildman–Crippen MR) is 41.2 cm³/mol. The van der Waals surface area contributed by atoms with Crippen LogP contribution in [0.1, 0.15) is 16.8 Å². The van der Waals surface area contributed by atoms with Crippen LogP contribution in [0.4, 0.5) is 0 Å². The van der Waals surface area contributed by atoms with Gasteiger partial charge in [0.2, 0.25) is 0 Å². The Bertz CT molecular complexity index is 242. The molecule has 0 aliphatic heterocycles. The van der Waals surface area contributed by atoms with Crippen molar-refractivity contribution < 1.29 is 4.79 Å². The van der Waals surface area contributed by atoms with Gasteiger partial charge in [0.15, 0.2) is 0 Å². The van der Waals surface area contributed by atoms with Crippen LogP contribution in [0.2, 0.25) is 0 Å². The summed E-state index contributed by atoms with van der Waals surface area (Å²) in [6.07, 6.45) is 2.28. The predicted octanol–water partition coefficient (Wildman–Crippen LogP) is 1.58. The third-order valence-electron chi connectivity index (χ3n) is 1.07. The zero-order chi connectivity index (χ0) is 7.56. The molecule has 1 rings (SSSR count). The maximum absolute atomic E-state index is 10.6. The van der Waals surface area contributed by atoms with E-state index in [4.69, 9.17) is 0 Å². The maximum atomic E-state index is 10.6. The summed E-state index contributed by atoms with van der Waals surface area (Å²) in [7, 11) is 0. The van der Waals surface area contributed by atoms with Crippen molar-refractivity contribution in [1.29, 1.82) is 0 Å². The molecule has 3 heteroatoms. The maximum Gasteiger partial charge on any atom is 0.136 e. The van der Waals surface area contributed by atoms with Crippen LogP contribution in [0.25, 0.3) is 0 Å². The second kappa shape index (κ2) is 2.92. The van der Waals surface area contributed by atoms with E-state index in [-0.39, 0.29) is 5.78 Å². The highest BCUT2D eigenvalue weighted by atomic mass is 32.1. The zero-order valence-corrected chi connectivity index (χ0v) is 6.86. The molecule has 0 bridgehead atoms. The summed E-state index contributed by atoms with van der Waals surface area (Å²) >= 11 is 1.58. The van der Waals surface area contributed by atoms with Gasteiger partial charge in [-0.3, -0.25) is 4.79 Å². The van der Waals surface area contributed by atoms with E-state index in [9.17, 15) is 4.79 Å². The molecule has 0 N–H and O–H groups in total. The van der Waals surface area contributed by atoms with E-state index in [1.165, 1.54) is 0 Å². The number of carbonyl (C=O) groups is 1. The van der Waals surface area contributed by atoms with Crippen molar-refractivity contribution in [3.8, 4) is 0 Å². The number of aryl methyl sites for hydroxylation is 1. The second-order valence-electron chi connectivity index (χ2n) is 2.24. The summed E-state index contributed by atoms with van der Waals surface area (Å²) in [6, 6.07) is 0. The Morgan fingerprint density at radius 3 is 2.90 bits per heavy atom. The Labute approximate surface area is 63.9 Å². The molecular formula is C7H9NOS. The second-order valence-corrected chi connectivity index (χ2v) is 3.56. The first-order valence-corrected chi connectivity index (χ1v) is 3.91. The molecule has 0 radical (unpaired) electrons. The molecule has 0 unspecified atom stereocenters. The number of carbonyl (C=O) groups excluding carboxylic acids is 1. The van der Waals surface area contributed by atoms with Crippen LogP contribution in [0.5, 0.6) is 0 Å². The SMILES string of the molecule is CC(=O)Cc1ncc(C)s1. The largest absolute Gasteiger partial charge is 0.300 e. The quantitative estimate of drug-likeness (QED) is 0.649. The Kier molecular flexibility index (Phi) is 2.17. The van der Waals surface area contributed by atoms with Crippen molar-refractivity contribution in [2.75, 3.05) is 0 Å². The van der Waals surface area contributed by atoms with E-state index in [0.29, 0.717) is 6.42 Å². The Balaban J connectivity index is 2.67. The molecule has 0 aliphatic rings. The number of Topliss-reactive ketones (excluding diaryl/α,β-unsaturated/α-hetero) is 1. The van der Waals surface area contributed by atoms with Gasteiger partial charge in [0.25, 0.3) is 0 Å². The minimum atomic E-state index is 0.175. The van der Waals surface area contributed by atoms with Gasteiger partial charge in [0.1, 0.15) is 10.8 Å². The molecule has 0 atom stereocenters. The number of rotatable bonds is 2. The van der Waals surface area contributed by atoms with Crippen LogP contribution in [-0.2, 0) is 11.2 Å². The highest BCUT2D eigenvalue weighted by Gasteiger charge is 2.00. The molecule has 0 fully saturated rings. The van der Waals surface area contributed by atoms with Gasteiger partial charge in [-0.15, -0.1) is 11.3 Å². The molecule has 1 aromatic heterocycles. The van der Waals surface area contributed by atoms with Gasteiger partial charge in [0, 0.05) is 11.1 Å². The minimum absolute atomic E-state index is 0.175. The average molecular weight is 155 g/mol. The molecule has 0 amide bonds. The van der Waals surface area contributed by atoms with Gasteiger partial charge in [0.05, 0.1) is 6.42 Å². The molecule has 0 aliphatic carbocycles. The van der Waals surface area contributed by atoms with Crippen molar-refractivity contribution in [3.63, 3.8) is 0 Å². The number of ketones is 1. The van der Waals surface area contributed by atoms with Crippen LogP contribution in [0.3, 0.4) is 0 Å². The Hall–Kier alpha value is -0.700. The molecule has 0 saturated carbocycles. The fraction of sp³-hybridized carbons (Fsp3) is 0.429. The summed E-state index contributed by atoms with van der Waals surface area (Å²) in [6.45, 7) is 3.57. The average Bonchev–Trinajstić information content (AvgIpc) is 2.13. The van der Waals surface area contributed by atoms with Gasteiger partial charge in [-0.1, -0.05) is 0 Å². The lowest BCUT2D eigenvalue weighted by atomic mass is 10.3. The van der Waals surface area contributed by atoms with Crippen molar-refractivity contribution >= 4 is 17.1 Å². The molecule has 54 valence electrons. The van der Waals surface area contributed by atoms with Gasteiger partial charge in [-0.2, -0.15) is 0 Å². The van der Waals surface area contributed by atoms with E-state index in [0.717, 1.165) is 9.88 Å². The minimum Gasteiger partial charge on any atom is -0.300 e. The lowest BCUT2D eigenvalue weighted by molar-refractivity contribution is -0.116. The first kappa shape index (κ1) is 7.41. The number of nitrogens with zero attached hydrogens (tertiary/aromatic N) is 1. The van der Waals surface area contributed by atoms with E-state index in [1.54, 1.807) is 24.5 Å². The standard InChI is InChI=1S/C7H9NOS/c1-5(9)3-7-8-4-6(2)10-7/h4H,3H2,1-2H3. The van der Waals surface area contributed by atoms with Crippen molar-refractivity contribution in [2.24, 2.45) is 0 Å². The molecule has 0 spiro atoms. The number of aromatic nitrogens is 1. The number of hydrogen-bond donors (Lipinski definition) is 0. The normalized spacial score (nSPS) is 9.80. The highest BCUT2D eigenvalue weighted by molar-refractivity contribution is 7.11. The number of thiazole rings is 1. The van der Waals surface area contributed by atoms with Gasteiger partial charge >= 0.3 is 0 Å². The monoisotopic (exact) mass is 155 g/mol. The fourth-order valence-corrected chi connectivity index (χ4v) is 1.55. The number of hydrogen-bond acceptors (Lipinski definition) is 3. The van der Waals surface area contributed by atoms with Gasteiger partial charge in [-0.25, -0.2) is 4.98 Å². The van der Waals surface area contributed by atoms with Crippen LogP contribution >= 0.6 is 11.3 Å². The smallest absolute Gasteiger partial charge is 0.136 e. The Morgan fingerprint density at radius 1 is 1.80 bits per heavy atom. The van der Waals surface area contributed by atoms with Crippen LogP contribution in [0, 0.1) is 6.92 Å². The van der Waals surface area contributed by atoms with E-state index < -0.39 is 0 Å². The van der Waals surface area contributed by atoms with Crippen molar-refractivity contribution in [2.45, 2.75) is 20.3 Å². The van der Waals surface area contributed by atoms with E-state index in [1.807, 2.05) is 6.92 Å². The molecule has 0 aromatic carbocycles. The Morgan fingerprint density at radius 2 is 2.50 bits per heavy atom. The van der Waals surface area contributed by atoms with Crippen LogP contribution in [0.15, 0.2) is 6.20 Å². The lowest BCUT2D eigenvalue weighted by Crippen LogP contribution is -1.94. The topological polar surface area (TPSA) is 30.0 Å². The van der Waals surface area contributed by atoms with Gasteiger partial charge in [-0.05, 0) is 13.8 Å². The summed E-state index contributed by atoms with van der Waals surface area (Å²) in [5.74, 6) is 0.175. The summed E-state index contributed by atoms with van der Waals surface area (Å²) in [5, 5.41) is 0.921. The summed E-state index contributed by atoms with van der Waals surface area (Å²) in [4.78, 5) is 15.8. The molecule has 0 saturated heterocycles. The molecule has 10 heavy (non-hydrogen) atoms. The van der Waals surface area contributed by atoms with E-state index in [2.05, 4.69) is 4.98 Å². The zero-order valence-electron chi connectivity index (χ0n) is 6.05. The van der Waals surface area contributed by atoms with Gasteiger partial charge < -0.3 is 0 Å². The van der Waals surface area contributed by atoms with Crippen LogP contribution in [-0.4, -0.2) is 10.8 Å². The first-order chi connectivity index (χ1) is 4.68. The molecular weight excluding hydrogens is 146 g/mol. The molecule has 2 nitrogen and oxygen atoms in total. The highest BCUT2D eigenvalue weighted by Crippen LogP contribution is 2.11. The summed E-state index contributed by atoms with van der Waals surface area (Å²) in [5.41, 5.74) is 0. The van der Waals surface area contributed by atoms with Crippen molar-refractivity contribution in [3.05, 3.63) is 16.1 Å². The fourth-order valence-electron chi connectivity index (χ4n) is 0.696. The molecule has 1 aromatic rings. The molecule has 1 heterocycles. The first-order valence-electron chi connectivity index (χ1n) is 3.09. The third kappa shape index (κ3) is 1.92. The lowest BCUT2D eigenvalue weighted by Gasteiger charge is -1.85. The van der Waals surface area contributed by atoms with E-state index >= 15 is 0 Å². The summed E-state index contributed by atoms with van der Waals surface area (Å²) < 4.78 is 0.